The van der Waals surface area contributed by atoms with E-state index in [-0.39, 0.29) is 89.6 Å². The van der Waals surface area contributed by atoms with Crippen LogP contribution in [0.5, 0.6) is 80.5 Å². The lowest BCUT2D eigenvalue weighted by Gasteiger charge is -2.62. The van der Waals surface area contributed by atoms with Crippen molar-refractivity contribution in [1.82, 2.24) is 30.2 Å². The number of nitrogens with zero attached hydrogens (tertiary/aromatic N) is 5. The molecule has 2 spiro atoms. The molecule has 8 bridgehead atoms. The molecule has 0 aromatic heterocycles. The van der Waals surface area contributed by atoms with Gasteiger partial charge in [-0.1, -0.05) is 34.4 Å². The number of aliphatic hydroxyl groups excluding tert-OH is 1. The van der Waals surface area contributed by atoms with Crippen molar-refractivity contribution in [3.63, 3.8) is 0 Å². The standard InChI is InChI=1S/C42H44N4O11S.C41H45N3O12S.3CH4/c1-18-10-23-11-25-26(14-43)46-27-15-53-41(50)42(24-13-29(51-6)28(49)12-22(24)8-9-44-42)16-58-40(32-31(27)38-37(54-17-55-38)19(2)36(32)56-20(3)47)34(46)33(45(25)5)30(23)39(35(18)52-7)57-21(4)48;1-17-10-22-11-24-39(48)44-25-14-52-40(49)41(23-13-27(50-6)26(47)12-21(23)8-9-42-41)15-57-38(30-29(25)36-35(53-16-54-36)18(2)34(30)55-19(3)45)32(44)31(43(24)5)28(22)37(33(17)51-7)56-20(4)46;;;/h10,12-13,25-27,33-34,40,44,49H,8-9,11,15-17H2,1-7H3;10,12-13,24-25,31-32,38-39,42,47-48H,8-9,11,14-16H2,1-7H3;3*1H4/t25-,26-,27-,33+,34?,40+,42+;24-,25-,31+,32?,38+,39-,41+;;;/m00.../s1. The van der Waals surface area contributed by atoms with E-state index in [2.05, 4.69) is 31.4 Å². The van der Waals surface area contributed by atoms with Crippen LogP contribution in [0.1, 0.15) is 174 Å². The molecular formula is C86H101N7O23S2. The van der Waals surface area contributed by atoms with E-state index < -0.39 is 112 Å². The molecule has 14 aliphatic rings. The van der Waals surface area contributed by atoms with Crippen LogP contribution in [-0.4, -0.2) is 201 Å². The molecular weight excluding hydrogens is 1560 g/mol. The van der Waals surface area contributed by atoms with Gasteiger partial charge in [0.15, 0.2) is 80.1 Å². The van der Waals surface area contributed by atoms with Crippen LogP contribution in [0.4, 0.5) is 0 Å². The van der Waals surface area contributed by atoms with Crippen LogP contribution >= 0.6 is 23.5 Å². The van der Waals surface area contributed by atoms with E-state index in [9.17, 15) is 49.3 Å². The number of methoxy groups -OCH3 is 4. The second kappa shape index (κ2) is 31.6. The van der Waals surface area contributed by atoms with Crippen LogP contribution in [0.15, 0.2) is 36.4 Å². The van der Waals surface area contributed by atoms with Gasteiger partial charge in [0.2, 0.25) is 13.6 Å². The zero-order valence-corrected chi connectivity index (χ0v) is 67.6. The zero-order valence-electron chi connectivity index (χ0n) is 65.9. The van der Waals surface area contributed by atoms with E-state index >= 15 is 0 Å². The average Bonchev–Trinajstić information content (AvgIpc) is 0.929. The maximum Gasteiger partial charge on any atom is 0.331 e. The lowest BCUT2D eigenvalue weighted by molar-refractivity contribution is -0.186. The maximum atomic E-state index is 14.8. The Morgan fingerprint density at radius 3 is 1.31 bits per heavy atom. The smallest absolute Gasteiger partial charge is 0.331 e. The van der Waals surface area contributed by atoms with Gasteiger partial charge in [0, 0.05) is 115 Å². The van der Waals surface area contributed by atoms with Crippen molar-refractivity contribution >= 4 is 59.3 Å². The normalized spacial score (nSPS) is 27.4. The zero-order chi connectivity index (χ0) is 81.2. The third-order valence-electron chi connectivity index (χ3n) is 25.2. The first-order valence-corrected chi connectivity index (χ1v) is 40.3. The molecule has 14 heterocycles. The maximum absolute atomic E-state index is 14.8. The highest BCUT2D eigenvalue weighted by molar-refractivity contribution is 7.99. The highest BCUT2D eigenvalue weighted by atomic mass is 32.2. The molecule has 4 fully saturated rings. The summed E-state index contributed by atoms with van der Waals surface area (Å²) in [5, 5.41) is 51.2. The number of esters is 6. The Hall–Kier alpha value is -9.95. The van der Waals surface area contributed by atoms with Gasteiger partial charge in [-0.25, -0.2) is 9.59 Å². The molecule has 32 heteroatoms. The Morgan fingerprint density at radius 2 is 0.898 bits per heavy atom. The van der Waals surface area contributed by atoms with Crippen molar-refractivity contribution in [2.24, 2.45) is 0 Å². The van der Waals surface area contributed by atoms with Gasteiger partial charge >= 0.3 is 35.8 Å². The molecule has 6 aromatic carbocycles. The summed E-state index contributed by atoms with van der Waals surface area (Å²) >= 11 is 2.92. The number of thioether (sulfide) groups is 2. The summed E-state index contributed by atoms with van der Waals surface area (Å²) in [5.74, 6) is 1.30. The van der Waals surface area contributed by atoms with Crippen molar-refractivity contribution in [2.75, 3.05) is 93.9 Å². The number of hydrogen-bond donors (Lipinski definition) is 5. The van der Waals surface area contributed by atoms with E-state index in [1.165, 1.54) is 65.4 Å². The van der Waals surface area contributed by atoms with Crippen molar-refractivity contribution < 1.29 is 110 Å². The van der Waals surface area contributed by atoms with Gasteiger partial charge in [-0.2, -0.15) is 5.26 Å². The molecule has 4 saturated heterocycles. The lowest BCUT2D eigenvalue weighted by atomic mass is 9.71. The third-order valence-corrected chi connectivity index (χ3v) is 28.1. The summed E-state index contributed by atoms with van der Waals surface area (Å²) in [7, 11) is 9.94. The molecule has 118 heavy (non-hydrogen) atoms. The molecule has 14 atom stereocenters. The van der Waals surface area contributed by atoms with Gasteiger partial charge in [-0.3, -0.25) is 49.4 Å². The molecule has 630 valence electrons. The third kappa shape index (κ3) is 12.7. The fourth-order valence-electron chi connectivity index (χ4n) is 20.6. The first-order valence-electron chi connectivity index (χ1n) is 38.2. The van der Waals surface area contributed by atoms with E-state index in [0.717, 1.165) is 44.5 Å². The molecule has 30 nitrogen and oxygen atoms in total. The fraction of sp³-hybridized carbons (Fsp3) is 0.500. The quantitative estimate of drug-likeness (QED) is 0.0698. The van der Waals surface area contributed by atoms with Gasteiger partial charge in [-0.05, 0) is 136 Å². The summed E-state index contributed by atoms with van der Waals surface area (Å²) in [5.41, 5.74) is 8.65. The lowest BCUT2D eigenvalue weighted by Crippen LogP contribution is -2.70. The predicted molar refractivity (Wildman–Crippen MR) is 432 cm³/mol. The Labute approximate surface area is 693 Å². The minimum absolute atomic E-state index is 0. The summed E-state index contributed by atoms with van der Waals surface area (Å²) < 4.78 is 84.7. The van der Waals surface area contributed by atoms with Crippen LogP contribution in [0.25, 0.3) is 0 Å². The Morgan fingerprint density at radius 1 is 0.508 bits per heavy atom. The predicted octanol–water partition coefficient (Wildman–Crippen LogP) is 9.75. The molecule has 0 amide bonds. The molecule has 0 aliphatic carbocycles. The molecule has 0 radical (unpaired) electrons. The van der Waals surface area contributed by atoms with Crippen LogP contribution in [0.2, 0.25) is 0 Å². The first-order chi connectivity index (χ1) is 55.1. The van der Waals surface area contributed by atoms with Crippen LogP contribution in [0, 0.1) is 39.0 Å². The van der Waals surface area contributed by atoms with E-state index in [1.807, 2.05) is 58.8 Å². The Balaban J connectivity index is 0.000000189. The number of nitriles is 1. The number of carbonyl (C=O) groups is 6. The minimum Gasteiger partial charge on any atom is -0.504 e. The van der Waals surface area contributed by atoms with Crippen molar-refractivity contribution in [1.29, 1.82) is 5.26 Å². The molecule has 2 unspecified atom stereocenters. The summed E-state index contributed by atoms with van der Waals surface area (Å²) in [6.07, 6.45) is 0.907. The molecule has 5 N–H and O–H groups in total. The highest BCUT2D eigenvalue weighted by Gasteiger charge is 2.65. The number of aliphatic hydroxyl groups is 1. The van der Waals surface area contributed by atoms with Crippen molar-refractivity contribution in [3.8, 4) is 86.6 Å². The van der Waals surface area contributed by atoms with Crippen molar-refractivity contribution in [2.45, 2.75) is 186 Å². The number of likely N-dealkylation sites (N-methyl/N-ethyl adjacent to an activating group) is 2. The van der Waals surface area contributed by atoms with Crippen LogP contribution < -0.4 is 67.5 Å². The largest absolute Gasteiger partial charge is 0.504 e. The number of carbonyl (C=O) groups excluding carboxylic acids is 6. The topological polar surface area (TPSA) is 353 Å². The van der Waals surface area contributed by atoms with Gasteiger partial charge in [0.05, 0.1) is 75.2 Å². The molecule has 0 saturated carbocycles. The second-order valence-corrected chi connectivity index (χ2v) is 33.4. The number of piperazine rings is 2. The number of phenols is 2. The number of fused-ring (bicyclic) bond motifs is 18. The number of hydrogen-bond acceptors (Lipinski definition) is 32. The highest BCUT2D eigenvalue weighted by Crippen LogP contribution is 2.68. The van der Waals surface area contributed by atoms with Gasteiger partial charge in [0.1, 0.15) is 37.0 Å². The average molecular weight is 1660 g/mol. The van der Waals surface area contributed by atoms with Crippen LogP contribution in [-0.2, 0) is 75.0 Å². The Kier molecular flexibility index (Phi) is 22.7. The number of aromatic hydroxyl groups is 2. The fourth-order valence-corrected chi connectivity index (χ4v) is 24.0. The van der Waals surface area contributed by atoms with Gasteiger partial charge in [0.25, 0.3) is 0 Å². The number of aryl methyl sites for hydroxylation is 2. The van der Waals surface area contributed by atoms with E-state index in [0.29, 0.717) is 141 Å². The van der Waals surface area contributed by atoms with E-state index in [1.54, 1.807) is 38.5 Å². The van der Waals surface area contributed by atoms with Gasteiger partial charge in [-0.15, -0.1) is 23.5 Å². The molecule has 20 rings (SSSR count). The Bertz CT molecular complexity index is 5230. The summed E-state index contributed by atoms with van der Waals surface area (Å²) in [4.78, 5) is 89.7. The summed E-state index contributed by atoms with van der Waals surface area (Å²) in [6, 6.07) is 8.10. The van der Waals surface area contributed by atoms with E-state index in [4.69, 9.17) is 66.3 Å². The number of ether oxygens (including phenoxy) is 14. The number of nitrogens with one attached hydrogen (secondary N) is 2. The van der Waals surface area contributed by atoms with Crippen molar-refractivity contribution in [3.05, 3.63) is 125 Å². The molecule has 14 aliphatic heterocycles. The molecule has 6 aromatic rings. The number of rotatable bonds is 8. The second-order valence-electron chi connectivity index (χ2n) is 31.2. The first kappa shape index (κ1) is 84.5. The number of phenolic OH excluding ortho intramolecular Hbond substituents is 2. The SMILES string of the molecule is C.C.C.COc1cc2c(cc1O)CCN[C@]21CS[C@@H]2c3c(OC(C)=O)c(C)c4c(c3[C@H](COC1=O)N1C2[C@H]2c3c(cc(C)c(OC)c3OC(C)=O)C[C@@H]([C@@H]1C#N)N2C)OCO4.COc1cc2c(cc1O)CCN[C@]21CS[C@@H]2c3c(OC(C)=O)c(C)c4c(c3[C@H](COC1=O)N1C2[C@H]2c3c(cc(C)c(OC)c3OC(C)=O)C[C@@H]([C@@H]1O)N2C)OCO4. The number of benzene rings is 6. The monoisotopic (exact) mass is 1660 g/mol. The summed E-state index contributed by atoms with van der Waals surface area (Å²) in [6.45, 7) is 13.1. The minimum atomic E-state index is -1.39. The van der Waals surface area contributed by atoms with Crippen LogP contribution in [0.3, 0.4) is 0 Å². The van der Waals surface area contributed by atoms with Gasteiger partial charge < -0.3 is 81.6 Å².